The zero-order valence-corrected chi connectivity index (χ0v) is 13.9. The summed E-state index contributed by atoms with van der Waals surface area (Å²) in [5.74, 6) is 0.0497. The lowest BCUT2D eigenvalue weighted by atomic mass is 10.1. The Labute approximate surface area is 146 Å². The van der Waals surface area contributed by atoms with Crippen LogP contribution in [0.1, 0.15) is 18.4 Å². The first-order chi connectivity index (χ1) is 12.1. The van der Waals surface area contributed by atoms with Gasteiger partial charge in [0.2, 0.25) is 5.91 Å². The molecule has 0 aliphatic heterocycles. The second kappa shape index (κ2) is 8.12. The third kappa shape index (κ3) is 4.57. The largest absolute Gasteiger partial charge is 0.488 e. The molecular formula is C20H22FNO3. The van der Waals surface area contributed by atoms with E-state index in [4.69, 9.17) is 4.74 Å². The van der Waals surface area contributed by atoms with Crippen LogP contribution in [0.2, 0.25) is 0 Å². The van der Waals surface area contributed by atoms with Crippen molar-refractivity contribution in [2.75, 3.05) is 6.54 Å². The number of benzene rings is 2. The highest BCUT2D eigenvalue weighted by Crippen LogP contribution is 2.29. The number of ether oxygens (including phenoxy) is 1. The smallest absolute Gasteiger partial charge is 0.224 e. The summed E-state index contributed by atoms with van der Waals surface area (Å²) in [7, 11) is 0. The Morgan fingerprint density at radius 1 is 1.12 bits per heavy atom. The molecule has 3 atom stereocenters. The van der Waals surface area contributed by atoms with Crippen molar-refractivity contribution in [1.82, 2.24) is 5.32 Å². The maximum absolute atomic E-state index is 13.6. The van der Waals surface area contributed by atoms with E-state index in [1.165, 1.54) is 6.07 Å². The highest BCUT2D eigenvalue weighted by Gasteiger charge is 2.36. The second-order valence-electron chi connectivity index (χ2n) is 6.37. The summed E-state index contributed by atoms with van der Waals surface area (Å²) in [6, 6.07) is 15.6. The fraction of sp³-hybridized carbons (Fsp3) is 0.350. The monoisotopic (exact) mass is 343 g/mol. The van der Waals surface area contributed by atoms with Crippen LogP contribution in [0.5, 0.6) is 5.75 Å². The van der Waals surface area contributed by atoms with Crippen LogP contribution in [-0.4, -0.2) is 29.8 Å². The molecule has 4 nitrogen and oxygen atoms in total. The van der Waals surface area contributed by atoms with Crippen molar-refractivity contribution in [1.29, 1.82) is 0 Å². The van der Waals surface area contributed by atoms with Crippen LogP contribution in [-0.2, 0) is 11.2 Å². The van der Waals surface area contributed by atoms with Gasteiger partial charge in [0.1, 0.15) is 17.7 Å². The van der Waals surface area contributed by atoms with Gasteiger partial charge in [0, 0.05) is 12.5 Å². The molecule has 1 amide bonds. The zero-order chi connectivity index (χ0) is 17.6. The molecule has 0 aromatic heterocycles. The lowest BCUT2D eigenvalue weighted by molar-refractivity contribution is -0.120. The van der Waals surface area contributed by atoms with Crippen LogP contribution in [0.25, 0.3) is 0 Å². The minimum atomic E-state index is -0.631. The molecule has 25 heavy (non-hydrogen) atoms. The Kier molecular flexibility index (Phi) is 5.66. The molecule has 3 rings (SSSR count). The molecule has 0 bridgehead atoms. The Morgan fingerprint density at radius 2 is 1.84 bits per heavy atom. The van der Waals surface area contributed by atoms with E-state index >= 15 is 0 Å². The van der Waals surface area contributed by atoms with E-state index in [0.717, 1.165) is 18.6 Å². The number of amides is 1. The van der Waals surface area contributed by atoms with Gasteiger partial charge in [-0.1, -0.05) is 36.4 Å². The topological polar surface area (TPSA) is 58.6 Å². The van der Waals surface area contributed by atoms with Crippen molar-refractivity contribution in [3.05, 3.63) is 66.0 Å². The summed E-state index contributed by atoms with van der Waals surface area (Å²) >= 11 is 0. The van der Waals surface area contributed by atoms with Gasteiger partial charge in [-0.05, 0) is 36.6 Å². The Bertz CT molecular complexity index is 707. The maximum Gasteiger partial charge on any atom is 0.224 e. The average Bonchev–Trinajstić information content (AvgIpc) is 2.96. The summed E-state index contributed by atoms with van der Waals surface area (Å²) in [5, 5.41) is 13.2. The number of nitrogens with one attached hydrogen (secondary N) is 1. The highest BCUT2D eigenvalue weighted by atomic mass is 19.1. The summed E-state index contributed by atoms with van der Waals surface area (Å²) in [6.45, 7) is 0.364. The number of hydrogen-bond acceptors (Lipinski definition) is 3. The Morgan fingerprint density at radius 3 is 2.60 bits per heavy atom. The SMILES string of the molecule is O=C(Cc1ccccc1F)NC[C@H]1CC[C@@H](Oc2ccccc2)[C@@H]1O. The van der Waals surface area contributed by atoms with E-state index in [1.807, 2.05) is 30.3 Å². The van der Waals surface area contributed by atoms with Gasteiger partial charge in [-0.15, -0.1) is 0 Å². The number of carbonyl (C=O) groups is 1. The number of halogens is 1. The first-order valence-electron chi connectivity index (χ1n) is 8.53. The summed E-state index contributed by atoms with van der Waals surface area (Å²) < 4.78 is 19.4. The molecule has 0 unspecified atom stereocenters. The van der Waals surface area contributed by atoms with E-state index in [1.54, 1.807) is 18.2 Å². The van der Waals surface area contributed by atoms with E-state index in [2.05, 4.69) is 5.32 Å². The number of rotatable bonds is 6. The number of aliphatic hydroxyl groups excluding tert-OH is 1. The number of hydrogen-bond donors (Lipinski definition) is 2. The predicted octanol–water partition coefficient (Wildman–Crippen LogP) is 2.70. The maximum atomic E-state index is 13.6. The molecule has 2 N–H and O–H groups in total. The van der Waals surface area contributed by atoms with Crippen molar-refractivity contribution < 1.29 is 19.0 Å². The summed E-state index contributed by atoms with van der Waals surface area (Å²) in [6.07, 6.45) is 0.618. The first kappa shape index (κ1) is 17.4. The summed E-state index contributed by atoms with van der Waals surface area (Å²) in [4.78, 5) is 12.0. The van der Waals surface area contributed by atoms with Crippen LogP contribution in [0.4, 0.5) is 4.39 Å². The molecule has 1 fully saturated rings. The lowest BCUT2D eigenvalue weighted by Crippen LogP contribution is -2.37. The van der Waals surface area contributed by atoms with Gasteiger partial charge >= 0.3 is 0 Å². The van der Waals surface area contributed by atoms with Crippen molar-refractivity contribution in [2.45, 2.75) is 31.5 Å². The average molecular weight is 343 g/mol. The third-order valence-electron chi connectivity index (χ3n) is 4.59. The van der Waals surface area contributed by atoms with Crippen molar-refractivity contribution in [3.63, 3.8) is 0 Å². The molecule has 2 aromatic carbocycles. The van der Waals surface area contributed by atoms with Crippen LogP contribution < -0.4 is 10.1 Å². The molecule has 1 saturated carbocycles. The van der Waals surface area contributed by atoms with Gasteiger partial charge < -0.3 is 15.2 Å². The van der Waals surface area contributed by atoms with Crippen molar-refractivity contribution in [3.8, 4) is 5.75 Å². The molecule has 132 valence electrons. The van der Waals surface area contributed by atoms with Crippen molar-refractivity contribution in [2.24, 2.45) is 5.92 Å². The summed E-state index contributed by atoms with van der Waals surface area (Å²) in [5.41, 5.74) is 0.372. The van der Waals surface area contributed by atoms with Crippen molar-refractivity contribution >= 4 is 5.91 Å². The Hall–Kier alpha value is -2.40. The predicted molar refractivity (Wildman–Crippen MR) is 92.7 cm³/mol. The molecule has 0 spiro atoms. The normalized spacial score (nSPS) is 22.6. The van der Waals surface area contributed by atoms with Crippen LogP contribution in [0.3, 0.4) is 0 Å². The molecular weight excluding hydrogens is 321 g/mol. The quantitative estimate of drug-likeness (QED) is 0.848. The van der Waals surface area contributed by atoms with Gasteiger partial charge in [0.15, 0.2) is 0 Å². The highest BCUT2D eigenvalue weighted by molar-refractivity contribution is 5.78. The molecule has 0 saturated heterocycles. The van der Waals surface area contributed by atoms with Gasteiger partial charge in [0.25, 0.3) is 0 Å². The number of aliphatic hydroxyl groups is 1. The van der Waals surface area contributed by atoms with Crippen LogP contribution >= 0.6 is 0 Å². The molecule has 0 radical (unpaired) electrons. The number of para-hydroxylation sites is 1. The standard InChI is InChI=1S/C20H22FNO3/c21-17-9-5-4-6-14(17)12-19(23)22-13-15-10-11-18(20(15)24)25-16-7-2-1-3-8-16/h1-9,15,18,20,24H,10-13H2,(H,22,23)/t15-,18-,20-/m1/s1. The van der Waals surface area contributed by atoms with E-state index in [9.17, 15) is 14.3 Å². The minimum Gasteiger partial charge on any atom is -0.488 e. The molecule has 5 heteroatoms. The molecule has 1 aliphatic rings. The number of carbonyl (C=O) groups excluding carboxylic acids is 1. The van der Waals surface area contributed by atoms with Gasteiger partial charge in [0.05, 0.1) is 12.5 Å². The van der Waals surface area contributed by atoms with Gasteiger partial charge in [-0.2, -0.15) is 0 Å². The van der Waals surface area contributed by atoms with Crippen LogP contribution in [0.15, 0.2) is 54.6 Å². The van der Waals surface area contributed by atoms with Crippen LogP contribution in [0, 0.1) is 11.7 Å². The molecule has 2 aromatic rings. The molecule has 1 aliphatic carbocycles. The van der Waals surface area contributed by atoms with Gasteiger partial charge in [-0.25, -0.2) is 4.39 Å². The lowest BCUT2D eigenvalue weighted by Gasteiger charge is -2.21. The van der Waals surface area contributed by atoms with E-state index < -0.39 is 6.10 Å². The third-order valence-corrected chi connectivity index (χ3v) is 4.59. The van der Waals surface area contributed by atoms with E-state index in [0.29, 0.717) is 12.1 Å². The van der Waals surface area contributed by atoms with Gasteiger partial charge in [-0.3, -0.25) is 4.79 Å². The van der Waals surface area contributed by atoms with E-state index in [-0.39, 0.29) is 30.2 Å². The zero-order valence-electron chi connectivity index (χ0n) is 13.9. The molecule has 0 heterocycles. The minimum absolute atomic E-state index is 0.000563. The fourth-order valence-electron chi connectivity index (χ4n) is 3.17. The fourth-order valence-corrected chi connectivity index (χ4v) is 3.17. The first-order valence-corrected chi connectivity index (χ1v) is 8.53. The Balaban J connectivity index is 1.47. The second-order valence-corrected chi connectivity index (χ2v) is 6.37.